The van der Waals surface area contributed by atoms with Crippen LogP contribution in [0.15, 0.2) is 0 Å². The summed E-state index contributed by atoms with van der Waals surface area (Å²) in [6.45, 7) is 12.5. The molecule has 4 aliphatic rings. The van der Waals surface area contributed by atoms with Crippen LogP contribution in [-0.4, -0.2) is 5.78 Å². The van der Waals surface area contributed by atoms with Gasteiger partial charge in [0, 0.05) is 12.3 Å². The van der Waals surface area contributed by atoms with E-state index in [1.165, 1.54) is 70.6 Å². The molecule has 8 atom stereocenters. The summed E-state index contributed by atoms with van der Waals surface area (Å²) in [6.07, 6.45) is 15.9. The van der Waals surface area contributed by atoms with E-state index in [1.807, 2.05) is 0 Å². The molecule has 0 aliphatic heterocycles. The lowest BCUT2D eigenvalue weighted by atomic mass is 9.51. The van der Waals surface area contributed by atoms with Crippen LogP contribution in [0.3, 0.4) is 0 Å². The number of carbonyl (C=O) groups excluding carboxylic acids is 1. The van der Waals surface area contributed by atoms with Crippen LogP contribution in [0.5, 0.6) is 0 Å². The summed E-state index contributed by atoms with van der Waals surface area (Å²) >= 11 is 0. The van der Waals surface area contributed by atoms with Crippen LogP contribution in [0.2, 0.25) is 0 Å². The second-order valence-corrected chi connectivity index (χ2v) is 12.4. The molecule has 28 heavy (non-hydrogen) atoms. The normalized spacial score (nSPS) is 46.8. The van der Waals surface area contributed by atoms with E-state index in [0.717, 1.165) is 41.9 Å². The summed E-state index contributed by atoms with van der Waals surface area (Å²) in [7, 11) is 0. The van der Waals surface area contributed by atoms with Gasteiger partial charge in [0.05, 0.1) is 0 Å². The van der Waals surface area contributed by atoms with Crippen molar-refractivity contribution >= 4 is 5.78 Å². The molecule has 0 heterocycles. The zero-order chi connectivity index (χ0) is 20.1. The van der Waals surface area contributed by atoms with Crippen LogP contribution in [0, 0.1) is 52.3 Å². The highest BCUT2D eigenvalue weighted by Crippen LogP contribution is 2.67. The third kappa shape index (κ3) is 3.31. The Bertz CT molecular complexity index is 579. The van der Waals surface area contributed by atoms with Crippen molar-refractivity contribution < 1.29 is 4.79 Å². The van der Waals surface area contributed by atoms with E-state index in [4.69, 9.17) is 0 Å². The van der Waals surface area contributed by atoms with Gasteiger partial charge in [-0.05, 0) is 91.3 Å². The smallest absolute Gasteiger partial charge is 0.136 e. The molecule has 0 amide bonds. The average molecular weight is 387 g/mol. The van der Waals surface area contributed by atoms with Gasteiger partial charge in [0.15, 0.2) is 0 Å². The molecule has 1 nitrogen and oxygen atoms in total. The SMILES string of the molecule is CC(C)CCC[C@@H](C)[C@H]1CC[C@H]2[C@@H]3CCC(=O)[C@H]4CCC[C@]4(C)[C@H]3CC[C@]12C. The number of ketones is 1. The van der Waals surface area contributed by atoms with E-state index in [1.54, 1.807) is 0 Å². The first kappa shape index (κ1) is 20.9. The molecule has 4 aliphatic carbocycles. The van der Waals surface area contributed by atoms with Gasteiger partial charge in [0.1, 0.15) is 5.78 Å². The molecule has 0 N–H and O–H groups in total. The van der Waals surface area contributed by atoms with Crippen molar-refractivity contribution in [1.29, 1.82) is 0 Å². The second kappa shape index (κ2) is 7.73. The van der Waals surface area contributed by atoms with Gasteiger partial charge in [0.25, 0.3) is 0 Å². The third-order valence-electron chi connectivity index (χ3n) is 10.6. The third-order valence-corrected chi connectivity index (χ3v) is 10.6. The molecule has 4 fully saturated rings. The summed E-state index contributed by atoms with van der Waals surface area (Å²) in [5.41, 5.74) is 0.886. The predicted octanol–water partition coefficient (Wildman–Crippen LogP) is 7.68. The summed E-state index contributed by atoms with van der Waals surface area (Å²) in [5.74, 6) is 6.25. The lowest BCUT2D eigenvalue weighted by molar-refractivity contribution is -0.126. The second-order valence-electron chi connectivity index (χ2n) is 12.4. The molecule has 0 bridgehead atoms. The fourth-order valence-electron chi connectivity index (χ4n) is 9.18. The topological polar surface area (TPSA) is 17.1 Å². The Morgan fingerprint density at radius 2 is 1.64 bits per heavy atom. The van der Waals surface area contributed by atoms with Crippen molar-refractivity contribution in [3.05, 3.63) is 0 Å². The van der Waals surface area contributed by atoms with E-state index in [-0.39, 0.29) is 0 Å². The van der Waals surface area contributed by atoms with Crippen molar-refractivity contribution in [1.82, 2.24) is 0 Å². The molecule has 4 rings (SSSR count). The van der Waals surface area contributed by atoms with Crippen molar-refractivity contribution in [3.63, 3.8) is 0 Å². The van der Waals surface area contributed by atoms with Crippen LogP contribution in [0.1, 0.15) is 112 Å². The number of hydrogen-bond acceptors (Lipinski definition) is 1. The minimum Gasteiger partial charge on any atom is -0.299 e. The maximum absolute atomic E-state index is 13.0. The van der Waals surface area contributed by atoms with Crippen LogP contribution in [0.25, 0.3) is 0 Å². The number of hydrogen-bond donors (Lipinski definition) is 0. The quantitative estimate of drug-likeness (QED) is 0.473. The Hall–Kier alpha value is -0.330. The fourth-order valence-corrected chi connectivity index (χ4v) is 9.18. The lowest BCUT2D eigenvalue weighted by Crippen LogP contribution is -2.47. The monoisotopic (exact) mass is 386 g/mol. The zero-order valence-corrected chi connectivity index (χ0v) is 19.4. The van der Waals surface area contributed by atoms with Crippen LogP contribution in [0.4, 0.5) is 0 Å². The molecule has 0 spiro atoms. The highest BCUT2D eigenvalue weighted by Gasteiger charge is 2.60. The first-order valence-electron chi connectivity index (χ1n) is 12.8. The molecule has 0 radical (unpaired) electrons. The average Bonchev–Trinajstić information content (AvgIpc) is 3.17. The van der Waals surface area contributed by atoms with Gasteiger partial charge in [-0.2, -0.15) is 0 Å². The minimum atomic E-state index is 0.334. The number of carbonyl (C=O) groups is 1. The van der Waals surface area contributed by atoms with Crippen molar-refractivity contribution in [2.24, 2.45) is 52.3 Å². The number of fused-ring (bicyclic) bond motifs is 5. The van der Waals surface area contributed by atoms with E-state index in [0.29, 0.717) is 22.5 Å². The zero-order valence-electron chi connectivity index (χ0n) is 19.4. The van der Waals surface area contributed by atoms with E-state index < -0.39 is 0 Å². The van der Waals surface area contributed by atoms with Crippen molar-refractivity contribution in [3.8, 4) is 0 Å². The first-order valence-corrected chi connectivity index (χ1v) is 12.8. The summed E-state index contributed by atoms with van der Waals surface area (Å²) in [5, 5.41) is 0. The molecule has 0 aromatic heterocycles. The van der Waals surface area contributed by atoms with E-state index >= 15 is 0 Å². The molecular formula is C27H46O. The Balaban J connectivity index is 1.51. The Morgan fingerprint density at radius 3 is 2.39 bits per heavy atom. The maximum atomic E-state index is 13.0. The Kier molecular flexibility index (Phi) is 5.78. The lowest BCUT2D eigenvalue weighted by Gasteiger charge is -2.54. The standard InChI is InChI=1S/C27H46O/c1-18(2)8-6-9-19(3)21-12-13-22-20-11-14-25(28)24-10-7-16-26(24,4)23(20)15-17-27(21,22)5/h18-24H,6-17H2,1-5H3/t19-,20+,21-,22+,23+,24-,26-,27-/m1/s1. The van der Waals surface area contributed by atoms with Gasteiger partial charge in [0.2, 0.25) is 0 Å². The Labute approximate surface area is 174 Å². The molecule has 160 valence electrons. The van der Waals surface area contributed by atoms with E-state index in [9.17, 15) is 4.79 Å². The highest BCUT2D eigenvalue weighted by atomic mass is 16.1. The number of Topliss-reactive ketones (excluding diaryl/α,β-unsaturated/α-hetero) is 1. The maximum Gasteiger partial charge on any atom is 0.136 e. The summed E-state index contributed by atoms with van der Waals surface area (Å²) in [6, 6.07) is 0. The van der Waals surface area contributed by atoms with Gasteiger partial charge < -0.3 is 0 Å². The van der Waals surface area contributed by atoms with Gasteiger partial charge in [-0.3, -0.25) is 4.79 Å². The Morgan fingerprint density at radius 1 is 0.893 bits per heavy atom. The molecular weight excluding hydrogens is 340 g/mol. The first-order chi connectivity index (χ1) is 13.3. The summed E-state index contributed by atoms with van der Waals surface area (Å²) < 4.78 is 0. The van der Waals surface area contributed by atoms with Crippen molar-refractivity contribution in [2.45, 2.75) is 112 Å². The highest BCUT2D eigenvalue weighted by molar-refractivity contribution is 5.82. The molecule has 0 aromatic rings. The van der Waals surface area contributed by atoms with Crippen LogP contribution in [-0.2, 0) is 4.79 Å². The van der Waals surface area contributed by atoms with Crippen LogP contribution < -0.4 is 0 Å². The van der Waals surface area contributed by atoms with Gasteiger partial charge in [-0.1, -0.05) is 60.3 Å². The molecule has 4 saturated carbocycles. The van der Waals surface area contributed by atoms with Gasteiger partial charge in [-0.25, -0.2) is 0 Å². The minimum absolute atomic E-state index is 0.334. The van der Waals surface area contributed by atoms with Gasteiger partial charge >= 0.3 is 0 Å². The molecule has 0 aromatic carbocycles. The summed E-state index contributed by atoms with van der Waals surface area (Å²) in [4.78, 5) is 13.0. The number of rotatable bonds is 5. The van der Waals surface area contributed by atoms with Gasteiger partial charge in [-0.15, -0.1) is 0 Å². The molecule has 0 saturated heterocycles. The van der Waals surface area contributed by atoms with Crippen LogP contribution >= 0.6 is 0 Å². The van der Waals surface area contributed by atoms with Crippen molar-refractivity contribution in [2.75, 3.05) is 0 Å². The predicted molar refractivity (Wildman–Crippen MR) is 118 cm³/mol. The molecule has 1 heteroatoms. The van der Waals surface area contributed by atoms with E-state index in [2.05, 4.69) is 34.6 Å². The largest absolute Gasteiger partial charge is 0.299 e. The fraction of sp³-hybridized carbons (Fsp3) is 0.963. The molecule has 0 unspecified atom stereocenters.